The van der Waals surface area contributed by atoms with E-state index in [1.54, 1.807) is 17.8 Å². The van der Waals surface area contributed by atoms with Gasteiger partial charge >= 0.3 is 0 Å². The molecule has 3 N–H and O–H groups in total. The number of nitrogens with two attached hydrogens (primary N) is 1. The van der Waals surface area contributed by atoms with Gasteiger partial charge in [0.05, 0.1) is 6.54 Å². The fraction of sp³-hybridized carbons (Fsp3) is 0.308. The third-order valence-corrected chi connectivity index (χ3v) is 3.72. The maximum absolute atomic E-state index is 5.70. The number of hydrogen-bond donors (Lipinski definition) is 2. The zero-order chi connectivity index (χ0) is 13.4. The topological polar surface area (TPSA) is 50.4 Å². The number of nitrogens with zero attached hydrogens (tertiary/aromatic N) is 1. The van der Waals surface area contributed by atoms with Crippen molar-refractivity contribution in [3.63, 3.8) is 0 Å². The standard InChI is InChI=1S/C13H18BrN3S.HI/c1-3-8-16-13(15)17-9-10(2)18-12-6-4-11(14)5-7-12;/h3-7,10H,1,8-9H2,2H3,(H3,15,16,17);1H. The van der Waals surface area contributed by atoms with Gasteiger partial charge in [0.2, 0.25) is 0 Å². The van der Waals surface area contributed by atoms with E-state index in [9.17, 15) is 0 Å². The summed E-state index contributed by atoms with van der Waals surface area (Å²) in [7, 11) is 0. The van der Waals surface area contributed by atoms with Crippen molar-refractivity contribution in [1.82, 2.24) is 5.32 Å². The molecule has 0 radical (unpaired) electrons. The van der Waals surface area contributed by atoms with E-state index in [-0.39, 0.29) is 24.0 Å². The highest BCUT2D eigenvalue weighted by molar-refractivity contribution is 14.0. The quantitative estimate of drug-likeness (QED) is 0.226. The normalized spacial score (nSPS) is 12.4. The predicted molar refractivity (Wildman–Crippen MR) is 99.6 cm³/mol. The Morgan fingerprint density at radius 2 is 2.16 bits per heavy atom. The molecule has 0 aromatic heterocycles. The number of thioether (sulfide) groups is 1. The van der Waals surface area contributed by atoms with Crippen LogP contribution in [-0.2, 0) is 0 Å². The summed E-state index contributed by atoms with van der Waals surface area (Å²) >= 11 is 5.21. The lowest BCUT2D eigenvalue weighted by Crippen LogP contribution is -2.32. The maximum atomic E-state index is 5.70. The lowest BCUT2D eigenvalue weighted by molar-refractivity contribution is 0.918. The van der Waals surface area contributed by atoms with E-state index in [0.717, 1.165) is 4.47 Å². The van der Waals surface area contributed by atoms with Gasteiger partial charge in [0, 0.05) is 21.2 Å². The first-order chi connectivity index (χ1) is 8.61. The van der Waals surface area contributed by atoms with Gasteiger partial charge < -0.3 is 11.1 Å². The van der Waals surface area contributed by atoms with Gasteiger partial charge in [0.15, 0.2) is 5.96 Å². The summed E-state index contributed by atoms with van der Waals surface area (Å²) in [5, 5.41) is 3.34. The van der Waals surface area contributed by atoms with Crippen LogP contribution in [0.5, 0.6) is 0 Å². The summed E-state index contributed by atoms with van der Waals surface area (Å²) in [4.78, 5) is 5.52. The molecule has 1 rings (SSSR count). The van der Waals surface area contributed by atoms with E-state index in [1.807, 2.05) is 12.1 Å². The Hall–Kier alpha value is -0.210. The number of nitrogens with one attached hydrogen (secondary N) is 1. The van der Waals surface area contributed by atoms with Gasteiger partial charge in [-0.05, 0) is 24.3 Å². The van der Waals surface area contributed by atoms with Crippen LogP contribution in [0.25, 0.3) is 0 Å². The van der Waals surface area contributed by atoms with Gasteiger partial charge in [0.25, 0.3) is 0 Å². The number of halogens is 2. The molecule has 19 heavy (non-hydrogen) atoms. The Morgan fingerprint density at radius 3 is 2.74 bits per heavy atom. The van der Waals surface area contributed by atoms with Crippen LogP contribution in [0.4, 0.5) is 0 Å². The second-order valence-corrected chi connectivity index (χ2v) is 6.21. The second kappa shape index (κ2) is 10.6. The molecule has 1 unspecified atom stereocenters. The fourth-order valence-corrected chi connectivity index (χ4v) is 2.41. The molecule has 1 aromatic rings. The molecule has 106 valence electrons. The third-order valence-electron chi connectivity index (χ3n) is 2.10. The molecule has 0 aliphatic rings. The first kappa shape index (κ1) is 18.8. The first-order valence-electron chi connectivity index (χ1n) is 5.68. The van der Waals surface area contributed by atoms with Crippen molar-refractivity contribution in [1.29, 1.82) is 0 Å². The number of aliphatic imine (C=N–C) groups is 1. The third kappa shape index (κ3) is 8.54. The second-order valence-electron chi connectivity index (χ2n) is 3.78. The zero-order valence-electron chi connectivity index (χ0n) is 10.8. The molecule has 6 heteroatoms. The molecule has 0 aliphatic carbocycles. The van der Waals surface area contributed by atoms with Crippen LogP contribution in [0.1, 0.15) is 6.92 Å². The van der Waals surface area contributed by atoms with Crippen LogP contribution in [0.3, 0.4) is 0 Å². The molecule has 0 spiro atoms. The van der Waals surface area contributed by atoms with E-state index in [2.05, 4.69) is 51.9 Å². The van der Waals surface area contributed by atoms with Crippen molar-refractivity contribution in [2.24, 2.45) is 10.7 Å². The summed E-state index contributed by atoms with van der Waals surface area (Å²) < 4.78 is 1.09. The van der Waals surface area contributed by atoms with Crippen LogP contribution < -0.4 is 11.1 Å². The SMILES string of the molecule is C=CCNC(N)=NCC(C)Sc1ccc(Br)cc1.I. The summed E-state index contributed by atoms with van der Waals surface area (Å²) in [6, 6.07) is 8.26. The molecule has 0 aliphatic heterocycles. The van der Waals surface area contributed by atoms with E-state index < -0.39 is 0 Å². The lowest BCUT2D eigenvalue weighted by Gasteiger charge is -2.09. The summed E-state index contributed by atoms with van der Waals surface area (Å²) in [5.74, 6) is 0.471. The van der Waals surface area contributed by atoms with Gasteiger partial charge in [0.1, 0.15) is 0 Å². The van der Waals surface area contributed by atoms with E-state index in [0.29, 0.717) is 24.3 Å². The van der Waals surface area contributed by atoms with Crippen LogP contribution in [0.2, 0.25) is 0 Å². The smallest absolute Gasteiger partial charge is 0.188 e. The average Bonchev–Trinajstić information content (AvgIpc) is 2.36. The van der Waals surface area contributed by atoms with Crippen molar-refractivity contribution in [2.45, 2.75) is 17.1 Å². The van der Waals surface area contributed by atoms with Crippen molar-refractivity contribution in [3.05, 3.63) is 41.4 Å². The lowest BCUT2D eigenvalue weighted by atomic mass is 10.4. The molecule has 1 atom stereocenters. The van der Waals surface area contributed by atoms with Gasteiger partial charge in [-0.15, -0.1) is 42.3 Å². The van der Waals surface area contributed by atoms with Gasteiger partial charge in [-0.2, -0.15) is 0 Å². The predicted octanol–water partition coefficient (Wildman–Crippen LogP) is 3.64. The van der Waals surface area contributed by atoms with E-state index in [1.165, 1.54) is 4.90 Å². The Bertz CT molecular complexity index is 409. The maximum Gasteiger partial charge on any atom is 0.188 e. The Balaban J connectivity index is 0.00000324. The number of hydrogen-bond acceptors (Lipinski definition) is 2. The van der Waals surface area contributed by atoms with Crippen LogP contribution >= 0.6 is 51.7 Å². The number of guanidine groups is 1. The summed E-state index contributed by atoms with van der Waals surface area (Å²) in [5.41, 5.74) is 5.70. The molecule has 0 fully saturated rings. The van der Waals surface area contributed by atoms with Gasteiger partial charge in [-0.1, -0.05) is 28.9 Å². The zero-order valence-corrected chi connectivity index (χ0v) is 15.5. The molecule has 0 heterocycles. The molecule has 3 nitrogen and oxygen atoms in total. The van der Waals surface area contributed by atoms with Crippen LogP contribution in [-0.4, -0.2) is 24.3 Å². The van der Waals surface area contributed by atoms with Crippen molar-refractivity contribution in [3.8, 4) is 0 Å². The monoisotopic (exact) mass is 455 g/mol. The van der Waals surface area contributed by atoms with E-state index in [4.69, 9.17) is 5.73 Å². The van der Waals surface area contributed by atoms with Crippen molar-refractivity contribution >= 4 is 57.6 Å². The minimum Gasteiger partial charge on any atom is -0.370 e. The molecular formula is C13H19BrIN3S. The highest BCUT2D eigenvalue weighted by atomic mass is 127. The minimum absolute atomic E-state index is 0. The first-order valence-corrected chi connectivity index (χ1v) is 7.36. The highest BCUT2D eigenvalue weighted by Gasteiger charge is 2.03. The molecule has 0 bridgehead atoms. The van der Waals surface area contributed by atoms with Crippen molar-refractivity contribution in [2.75, 3.05) is 13.1 Å². The molecule has 0 amide bonds. The molecule has 0 saturated heterocycles. The van der Waals surface area contributed by atoms with Crippen LogP contribution in [0.15, 0.2) is 51.3 Å². The largest absolute Gasteiger partial charge is 0.370 e. The fourth-order valence-electron chi connectivity index (χ4n) is 1.24. The minimum atomic E-state index is 0. The summed E-state index contributed by atoms with van der Waals surface area (Å²) in [6.07, 6.45) is 1.75. The number of rotatable bonds is 6. The molecule has 1 aromatic carbocycles. The van der Waals surface area contributed by atoms with Gasteiger partial charge in [-0.3, -0.25) is 4.99 Å². The molecular weight excluding hydrogens is 437 g/mol. The van der Waals surface area contributed by atoms with E-state index >= 15 is 0 Å². The average molecular weight is 456 g/mol. The Morgan fingerprint density at radius 1 is 1.53 bits per heavy atom. The Labute approximate surface area is 144 Å². The van der Waals surface area contributed by atoms with Crippen molar-refractivity contribution < 1.29 is 0 Å². The Kier molecular flexibility index (Phi) is 10.4. The van der Waals surface area contributed by atoms with Gasteiger partial charge in [-0.25, -0.2) is 0 Å². The highest BCUT2D eigenvalue weighted by Crippen LogP contribution is 2.24. The number of benzene rings is 1. The molecule has 0 saturated carbocycles. The van der Waals surface area contributed by atoms with Crippen LogP contribution in [0, 0.1) is 0 Å². The summed E-state index contributed by atoms with van der Waals surface area (Å²) in [6.45, 7) is 7.08.